The standard InChI is InChI=1S/C17H22N6OS/c1-5-13-19-14(24-22-13)10-25-16-21-20-15(23(16)18)11-6-8-12(9-7-11)17(2,3)4/h6-9H,5,10,18H2,1-4H3. The van der Waals surface area contributed by atoms with Gasteiger partial charge >= 0.3 is 0 Å². The molecule has 1 aromatic carbocycles. The van der Waals surface area contributed by atoms with Crippen molar-refractivity contribution in [2.45, 2.75) is 50.4 Å². The minimum absolute atomic E-state index is 0.108. The van der Waals surface area contributed by atoms with E-state index in [9.17, 15) is 0 Å². The summed E-state index contributed by atoms with van der Waals surface area (Å²) in [5.41, 5.74) is 2.30. The molecule has 0 atom stereocenters. The average Bonchev–Trinajstić information content (AvgIpc) is 3.19. The van der Waals surface area contributed by atoms with E-state index >= 15 is 0 Å². The van der Waals surface area contributed by atoms with Crippen LogP contribution in [0, 0.1) is 0 Å². The van der Waals surface area contributed by atoms with Gasteiger partial charge < -0.3 is 10.4 Å². The van der Waals surface area contributed by atoms with Gasteiger partial charge in [-0.25, -0.2) is 4.68 Å². The lowest BCUT2D eigenvalue weighted by Crippen LogP contribution is -2.12. The summed E-state index contributed by atoms with van der Waals surface area (Å²) in [7, 11) is 0. The van der Waals surface area contributed by atoms with E-state index in [1.54, 1.807) is 0 Å². The van der Waals surface area contributed by atoms with Gasteiger partial charge in [-0.3, -0.25) is 0 Å². The lowest BCUT2D eigenvalue weighted by atomic mass is 9.87. The molecule has 0 fully saturated rings. The smallest absolute Gasteiger partial charge is 0.237 e. The van der Waals surface area contributed by atoms with Crippen LogP contribution in [-0.2, 0) is 17.6 Å². The highest BCUT2D eigenvalue weighted by Gasteiger charge is 2.16. The minimum Gasteiger partial charge on any atom is -0.338 e. The summed E-state index contributed by atoms with van der Waals surface area (Å²) >= 11 is 1.41. The van der Waals surface area contributed by atoms with Crippen LogP contribution in [0.4, 0.5) is 0 Å². The molecule has 0 aliphatic rings. The highest BCUT2D eigenvalue weighted by atomic mass is 32.2. The van der Waals surface area contributed by atoms with E-state index in [-0.39, 0.29) is 5.41 Å². The summed E-state index contributed by atoms with van der Waals surface area (Å²) in [6.45, 7) is 8.53. The number of thioether (sulfide) groups is 1. The molecule has 7 nitrogen and oxygen atoms in total. The molecule has 3 aromatic rings. The molecule has 8 heteroatoms. The molecule has 0 spiro atoms. The Morgan fingerprint density at radius 3 is 2.48 bits per heavy atom. The van der Waals surface area contributed by atoms with Gasteiger partial charge in [-0.1, -0.05) is 68.9 Å². The Hall–Kier alpha value is -2.35. The zero-order valence-electron chi connectivity index (χ0n) is 14.9. The van der Waals surface area contributed by atoms with Crippen molar-refractivity contribution in [3.8, 4) is 11.4 Å². The summed E-state index contributed by atoms with van der Waals surface area (Å²) in [6, 6.07) is 8.24. The number of benzene rings is 1. The Labute approximate surface area is 151 Å². The van der Waals surface area contributed by atoms with Crippen molar-refractivity contribution in [3.63, 3.8) is 0 Å². The van der Waals surface area contributed by atoms with Crippen molar-refractivity contribution in [1.82, 2.24) is 25.0 Å². The van der Waals surface area contributed by atoms with Crippen LogP contribution in [0.3, 0.4) is 0 Å². The predicted molar refractivity (Wildman–Crippen MR) is 97.5 cm³/mol. The third-order valence-electron chi connectivity index (χ3n) is 3.82. The van der Waals surface area contributed by atoms with E-state index in [1.165, 1.54) is 22.0 Å². The fraction of sp³-hybridized carbons (Fsp3) is 0.412. The molecule has 2 aromatic heterocycles. The molecule has 0 bridgehead atoms. The molecule has 2 heterocycles. The van der Waals surface area contributed by atoms with Crippen molar-refractivity contribution < 1.29 is 4.52 Å². The molecular formula is C17H22N6OS. The van der Waals surface area contributed by atoms with E-state index in [0.717, 1.165) is 12.0 Å². The summed E-state index contributed by atoms with van der Waals surface area (Å²) in [5, 5.41) is 12.9. The fourth-order valence-electron chi connectivity index (χ4n) is 2.31. The molecule has 0 unspecified atom stereocenters. The second kappa shape index (κ2) is 6.87. The van der Waals surface area contributed by atoms with Crippen LogP contribution in [0.5, 0.6) is 0 Å². The molecule has 3 rings (SSSR count). The van der Waals surface area contributed by atoms with Gasteiger partial charge in [0.25, 0.3) is 0 Å². The van der Waals surface area contributed by atoms with E-state index in [1.807, 2.05) is 19.1 Å². The maximum absolute atomic E-state index is 6.16. The lowest BCUT2D eigenvalue weighted by Gasteiger charge is -2.19. The van der Waals surface area contributed by atoms with Crippen molar-refractivity contribution in [3.05, 3.63) is 41.5 Å². The van der Waals surface area contributed by atoms with Gasteiger partial charge in [0, 0.05) is 12.0 Å². The van der Waals surface area contributed by atoms with Crippen LogP contribution in [0.15, 0.2) is 33.9 Å². The number of nitrogens with two attached hydrogens (primary N) is 1. The van der Waals surface area contributed by atoms with Crippen molar-refractivity contribution in [2.75, 3.05) is 5.84 Å². The number of nitrogen functional groups attached to an aromatic ring is 1. The van der Waals surface area contributed by atoms with Crippen LogP contribution in [0.25, 0.3) is 11.4 Å². The second-order valence-electron chi connectivity index (χ2n) is 6.75. The van der Waals surface area contributed by atoms with Crippen LogP contribution in [0.1, 0.15) is 45.0 Å². The topological polar surface area (TPSA) is 95.7 Å². The SMILES string of the molecule is CCc1noc(CSc2nnc(-c3ccc(C(C)(C)C)cc3)n2N)n1. The number of rotatable bonds is 5. The number of hydrogen-bond acceptors (Lipinski definition) is 7. The zero-order valence-corrected chi connectivity index (χ0v) is 15.7. The highest BCUT2D eigenvalue weighted by Crippen LogP contribution is 2.27. The minimum atomic E-state index is 0.108. The third-order valence-corrected chi connectivity index (χ3v) is 4.75. The second-order valence-corrected chi connectivity index (χ2v) is 7.69. The van der Waals surface area contributed by atoms with E-state index in [2.05, 4.69) is 53.2 Å². The first kappa shape index (κ1) is 17.5. The molecule has 0 aliphatic carbocycles. The van der Waals surface area contributed by atoms with Crippen LogP contribution >= 0.6 is 11.8 Å². The van der Waals surface area contributed by atoms with E-state index in [4.69, 9.17) is 10.4 Å². The maximum Gasteiger partial charge on any atom is 0.237 e. The van der Waals surface area contributed by atoms with Gasteiger partial charge in [0.2, 0.25) is 11.0 Å². The van der Waals surface area contributed by atoms with Crippen LogP contribution in [0.2, 0.25) is 0 Å². The Morgan fingerprint density at radius 2 is 1.88 bits per heavy atom. The molecule has 25 heavy (non-hydrogen) atoms. The lowest BCUT2D eigenvalue weighted by molar-refractivity contribution is 0.385. The molecule has 132 valence electrons. The van der Waals surface area contributed by atoms with E-state index < -0.39 is 0 Å². The normalized spacial score (nSPS) is 11.8. The zero-order chi connectivity index (χ0) is 18.0. The summed E-state index contributed by atoms with van der Waals surface area (Å²) in [4.78, 5) is 4.27. The predicted octanol–water partition coefficient (Wildman–Crippen LogP) is 3.19. The Balaban J connectivity index is 1.74. The van der Waals surface area contributed by atoms with Crippen molar-refractivity contribution in [1.29, 1.82) is 0 Å². The van der Waals surface area contributed by atoms with Crippen molar-refractivity contribution in [2.24, 2.45) is 0 Å². The summed E-state index contributed by atoms with van der Waals surface area (Å²) < 4.78 is 6.67. The largest absolute Gasteiger partial charge is 0.338 e. The molecule has 2 N–H and O–H groups in total. The quantitative estimate of drug-likeness (QED) is 0.552. The molecule has 0 saturated carbocycles. The summed E-state index contributed by atoms with van der Waals surface area (Å²) in [5.74, 6) is 8.55. The molecular weight excluding hydrogens is 336 g/mol. The van der Waals surface area contributed by atoms with Gasteiger partial charge in [-0.2, -0.15) is 4.98 Å². The number of nitrogens with zero attached hydrogens (tertiary/aromatic N) is 5. The Morgan fingerprint density at radius 1 is 1.16 bits per heavy atom. The Kier molecular flexibility index (Phi) is 4.80. The van der Waals surface area contributed by atoms with Gasteiger partial charge in [0.1, 0.15) is 0 Å². The number of hydrogen-bond donors (Lipinski definition) is 1. The number of aromatic nitrogens is 5. The monoisotopic (exact) mass is 358 g/mol. The number of aryl methyl sites for hydroxylation is 1. The van der Waals surface area contributed by atoms with Gasteiger partial charge in [0.15, 0.2) is 11.6 Å². The summed E-state index contributed by atoms with van der Waals surface area (Å²) in [6.07, 6.45) is 0.746. The van der Waals surface area contributed by atoms with E-state index in [0.29, 0.717) is 28.4 Å². The molecule has 0 radical (unpaired) electrons. The first-order valence-corrected chi connectivity index (χ1v) is 9.12. The third kappa shape index (κ3) is 3.84. The average molecular weight is 358 g/mol. The van der Waals surface area contributed by atoms with Crippen molar-refractivity contribution >= 4 is 11.8 Å². The Bertz CT molecular complexity index is 847. The van der Waals surface area contributed by atoms with Gasteiger partial charge in [0.05, 0.1) is 5.75 Å². The van der Waals surface area contributed by atoms with Gasteiger partial charge in [-0.15, -0.1) is 10.2 Å². The first-order valence-electron chi connectivity index (χ1n) is 8.14. The molecule has 0 amide bonds. The van der Waals surface area contributed by atoms with Crippen LogP contribution in [-0.4, -0.2) is 25.0 Å². The van der Waals surface area contributed by atoms with Crippen LogP contribution < -0.4 is 5.84 Å². The van der Waals surface area contributed by atoms with Gasteiger partial charge in [-0.05, 0) is 11.0 Å². The molecule has 0 aliphatic heterocycles. The molecule has 0 saturated heterocycles. The first-order chi connectivity index (χ1) is 11.9. The highest BCUT2D eigenvalue weighted by molar-refractivity contribution is 7.98. The fourth-order valence-corrected chi connectivity index (χ4v) is 3.00. The maximum atomic E-state index is 6.16.